The van der Waals surface area contributed by atoms with Crippen molar-refractivity contribution in [2.75, 3.05) is 36.1 Å². The van der Waals surface area contributed by atoms with Crippen molar-refractivity contribution >= 4 is 48.3 Å². The minimum atomic E-state index is -3.19. The van der Waals surface area contributed by atoms with Gasteiger partial charge in [0.05, 0.1) is 16.5 Å². The quantitative estimate of drug-likeness (QED) is 0.584. The molecular formula is C21H24N4O3S2. The number of nitrogens with zero attached hydrogens (tertiary/aromatic N) is 2. The molecule has 1 saturated heterocycles. The molecule has 0 unspecified atom stereocenters. The van der Waals surface area contributed by atoms with Crippen molar-refractivity contribution in [1.29, 1.82) is 0 Å². The number of hydrogen-bond donors (Lipinski definition) is 2. The maximum atomic E-state index is 12.6. The lowest BCUT2D eigenvalue weighted by Gasteiger charge is -2.11. The molecule has 0 bridgehead atoms. The van der Waals surface area contributed by atoms with Gasteiger partial charge in [0.1, 0.15) is 0 Å². The Kier molecular flexibility index (Phi) is 6.03. The number of sulfonamides is 1. The Morgan fingerprint density at radius 2 is 1.87 bits per heavy atom. The van der Waals surface area contributed by atoms with Crippen molar-refractivity contribution in [3.8, 4) is 0 Å². The maximum Gasteiger partial charge on any atom is 0.255 e. The summed E-state index contributed by atoms with van der Waals surface area (Å²) in [6.45, 7) is 2.45. The van der Waals surface area contributed by atoms with Crippen molar-refractivity contribution in [3.63, 3.8) is 0 Å². The molecule has 0 atom stereocenters. The number of rotatable bonds is 7. The van der Waals surface area contributed by atoms with Crippen LogP contribution in [-0.4, -0.2) is 45.2 Å². The van der Waals surface area contributed by atoms with Gasteiger partial charge in [-0.25, -0.2) is 18.1 Å². The van der Waals surface area contributed by atoms with Crippen LogP contribution in [0.15, 0.2) is 42.5 Å². The second kappa shape index (κ2) is 8.71. The standard InChI is InChI=1S/C21H24N4O3S2/c1-30(27,28)22-11-10-15-4-6-16(7-5-15)20(26)23-17-8-9-18-19(14-17)29-21(24-18)25-12-2-3-13-25/h4-9,14,22H,2-3,10-13H2,1H3,(H,23,26). The summed E-state index contributed by atoms with van der Waals surface area (Å²) in [4.78, 5) is 19.6. The van der Waals surface area contributed by atoms with Crippen LogP contribution in [-0.2, 0) is 16.4 Å². The lowest BCUT2D eigenvalue weighted by atomic mass is 10.1. The lowest BCUT2D eigenvalue weighted by molar-refractivity contribution is 0.102. The number of benzene rings is 2. The van der Waals surface area contributed by atoms with Gasteiger partial charge in [0.15, 0.2) is 5.13 Å². The van der Waals surface area contributed by atoms with E-state index in [1.165, 1.54) is 12.8 Å². The smallest absolute Gasteiger partial charge is 0.255 e. The van der Waals surface area contributed by atoms with Crippen LogP contribution in [0.1, 0.15) is 28.8 Å². The van der Waals surface area contributed by atoms with Gasteiger partial charge in [-0.2, -0.15) is 0 Å². The van der Waals surface area contributed by atoms with Gasteiger partial charge >= 0.3 is 0 Å². The zero-order valence-electron chi connectivity index (χ0n) is 16.7. The van der Waals surface area contributed by atoms with E-state index in [-0.39, 0.29) is 5.91 Å². The SMILES string of the molecule is CS(=O)(=O)NCCc1ccc(C(=O)Nc2ccc3nc(N4CCCC4)sc3c2)cc1. The van der Waals surface area contributed by atoms with Crippen LogP contribution in [0.4, 0.5) is 10.8 Å². The second-order valence-corrected chi connectivity index (χ2v) is 10.3. The molecule has 0 spiro atoms. The van der Waals surface area contributed by atoms with E-state index in [2.05, 4.69) is 14.9 Å². The van der Waals surface area contributed by atoms with E-state index >= 15 is 0 Å². The Labute approximate surface area is 180 Å². The number of hydrogen-bond acceptors (Lipinski definition) is 6. The number of carbonyl (C=O) groups excluding carboxylic acids is 1. The summed E-state index contributed by atoms with van der Waals surface area (Å²) in [5.74, 6) is -0.181. The summed E-state index contributed by atoms with van der Waals surface area (Å²) in [7, 11) is -3.19. The number of carbonyl (C=O) groups is 1. The molecule has 158 valence electrons. The van der Waals surface area contributed by atoms with Crippen LogP contribution in [0.3, 0.4) is 0 Å². The molecule has 4 rings (SSSR count). The van der Waals surface area contributed by atoms with Gasteiger partial charge in [0.2, 0.25) is 10.0 Å². The van der Waals surface area contributed by atoms with Crippen molar-refractivity contribution in [1.82, 2.24) is 9.71 Å². The molecule has 1 fully saturated rings. The number of fused-ring (bicyclic) bond motifs is 1. The Morgan fingerprint density at radius 1 is 1.13 bits per heavy atom. The molecule has 2 aromatic carbocycles. The maximum absolute atomic E-state index is 12.6. The summed E-state index contributed by atoms with van der Waals surface area (Å²) < 4.78 is 25.8. The third kappa shape index (κ3) is 5.16. The van der Waals surface area contributed by atoms with Gasteiger partial charge in [-0.1, -0.05) is 23.5 Å². The summed E-state index contributed by atoms with van der Waals surface area (Å²) in [5, 5.41) is 3.99. The molecular weight excluding hydrogens is 420 g/mol. The van der Waals surface area contributed by atoms with E-state index in [0.717, 1.165) is 45.9 Å². The van der Waals surface area contributed by atoms with Gasteiger partial charge in [0, 0.05) is 30.9 Å². The van der Waals surface area contributed by atoms with Gasteiger partial charge in [-0.15, -0.1) is 0 Å². The van der Waals surface area contributed by atoms with Crippen molar-refractivity contribution in [2.45, 2.75) is 19.3 Å². The highest BCUT2D eigenvalue weighted by Crippen LogP contribution is 2.32. The normalized spacial score (nSPS) is 14.4. The fraction of sp³-hybridized carbons (Fsp3) is 0.333. The molecule has 1 aromatic heterocycles. The van der Waals surface area contributed by atoms with Crippen LogP contribution in [0.2, 0.25) is 0 Å². The van der Waals surface area contributed by atoms with Crippen LogP contribution >= 0.6 is 11.3 Å². The average molecular weight is 445 g/mol. The van der Waals surface area contributed by atoms with Gasteiger partial charge in [0.25, 0.3) is 5.91 Å². The first kappa shape index (κ1) is 20.8. The Balaban J connectivity index is 1.39. The van der Waals surface area contributed by atoms with Crippen molar-refractivity contribution < 1.29 is 13.2 Å². The first-order chi connectivity index (χ1) is 14.4. The topological polar surface area (TPSA) is 91.4 Å². The number of thiazole rings is 1. The fourth-order valence-corrected chi connectivity index (χ4v) is 4.97. The molecule has 0 saturated carbocycles. The highest BCUT2D eigenvalue weighted by molar-refractivity contribution is 7.88. The number of anilines is 2. The van der Waals surface area contributed by atoms with Crippen molar-refractivity contribution in [3.05, 3.63) is 53.6 Å². The Bertz CT molecular complexity index is 1150. The zero-order chi connectivity index (χ0) is 21.1. The molecule has 1 aliphatic heterocycles. The molecule has 2 N–H and O–H groups in total. The highest BCUT2D eigenvalue weighted by atomic mass is 32.2. The zero-order valence-corrected chi connectivity index (χ0v) is 18.4. The summed E-state index contributed by atoms with van der Waals surface area (Å²) in [6.07, 6.45) is 4.13. The summed E-state index contributed by atoms with van der Waals surface area (Å²) in [5.41, 5.74) is 3.21. The molecule has 9 heteroatoms. The molecule has 0 radical (unpaired) electrons. The molecule has 7 nitrogen and oxygen atoms in total. The van der Waals surface area contributed by atoms with Gasteiger partial charge in [-0.3, -0.25) is 4.79 Å². The molecule has 30 heavy (non-hydrogen) atoms. The minimum Gasteiger partial charge on any atom is -0.348 e. The lowest BCUT2D eigenvalue weighted by Crippen LogP contribution is -2.24. The number of aromatic nitrogens is 1. The van der Waals surface area contributed by atoms with Crippen LogP contribution in [0, 0.1) is 0 Å². The first-order valence-corrected chi connectivity index (χ1v) is 12.6. The number of amides is 1. The van der Waals surface area contributed by atoms with E-state index in [1.807, 2.05) is 30.3 Å². The molecule has 2 heterocycles. The Hall–Kier alpha value is -2.49. The van der Waals surface area contributed by atoms with E-state index < -0.39 is 10.0 Å². The largest absolute Gasteiger partial charge is 0.348 e. The van der Waals surface area contributed by atoms with Crippen LogP contribution in [0.5, 0.6) is 0 Å². The van der Waals surface area contributed by atoms with Crippen LogP contribution < -0.4 is 14.9 Å². The van der Waals surface area contributed by atoms with E-state index in [0.29, 0.717) is 18.5 Å². The fourth-order valence-electron chi connectivity index (χ4n) is 3.44. The monoisotopic (exact) mass is 444 g/mol. The minimum absolute atomic E-state index is 0.181. The molecule has 1 amide bonds. The molecule has 0 aliphatic carbocycles. The predicted octanol–water partition coefficient (Wildman–Crippen LogP) is 3.24. The van der Waals surface area contributed by atoms with Gasteiger partial charge < -0.3 is 10.2 Å². The van der Waals surface area contributed by atoms with Crippen molar-refractivity contribution in [2.24, 2.45) is 0 Å². The molecule has 1 aliphatic rings. The molecule has 3 aromatic rings. The first-order valence-electron chi connectivity index (χ1n) is 9.88. The second-order valence-electron chi connectivity index (χ2n) is 7.44. The number of nitrogens with one attached hydrogen (secondary N) is 2. The van der Waals surface area contributed by atoms with E-state index in [9.17, 15) is 13.2 Å². The third-order valence-electron chi connectivity index (χ3n) is 5.01. The van der Waals surface area contributed by atoms with Crippen LogP contribution in [0.25, 0.3) is 10.2 Å². The Morgan fingerprint density at radius 3 is 2.57 bits per heavy atom. The van der Waals surface area contributed by atoms with E-state index in [1.54, 1.807) is 23.5 Å². The van der Waals surface area contributed by atoms with Gasteiger partial charge in [-0.05, 0) is 55.2 Å². The summed E-state index contributed by atoms with van der Waals surface area (Å²) >= 11 is 1.66. The average Bonchev–Trinajstić information content (AvgIpc) is 3.37. The summed E-state index contributed by atoms with van der Waals surface area (Å²) in [6, 6.07) is 13.0. The predicted molar refractivity (Wildman–Crippen MR) is 122 cm³/mol. The third-order valence-corrected chi connectivity index (χ3v) is 6.81. The van der Waals surface area contributed by atoms with E-state index in [4.69, 9.17) is 4.98 Å². The highest BCUT2D eigenvalue weighted by Gasteiger charge is 2.16.